The molecule has 7 heteroatoms. The molecule has 1 amide bonds. The number of amides is 1. The number of aromatic nitrogens is 1. The Balaban J connectivity index is 1.87. The Morgan fingerprint density at radius 1 is 1.20 bits per heavy atom. The number of anilines is 1. The van der Waals surface area contributed by atoms with E-state index in [9.17, 15) is 14.9 Å². The van der Waals surface area contributed by atoms with Crippen LogP contribution in [0.2, 0.25) is 0 Å². The topological polar surface area (TPSA) is 88.4 Å². The maximum Gasteiger partial charge on any atom is 0.295 e. The quantitative estimate of drug-likeness (QED) is 0.683. The van der Waals surface area contributed by atoms with Gasteiger partial charge >= 0.3 is 0 Å². The fraction of sp³-hybridized carbons (Fsp3) is 0.333. The van der Waals surface area contributed by atoms with Crippen LogP contribution in [0.1, 0.15) is 12.8 Å². The summed E-state index contributed by atoms with van der Waals surface area (Å²) in [6, 6.07) is 12.4. The minimum atomic E-state index is -0.406. The number of carbonyl (C=O) groups excluding carboxylic acids is 1. The molecule has 3 rings (SSSR count). The molecule has 1 aliphatic heterocycles. The van der Waals surface area contributed by atoms with Crippen LogP contribution < -0.4 is 10.2 Å². The smallest absolute Gasteiger partial charge is 0.295 e. The highest BCUT2D eigenvalue weighted by Gasteiger charge is 2.26. The molecule has 25 heavy (non-hydrogen) atoms. The van der Waals surface area contributed by atoms with Crippen LogP contribution in [0.4, 0.5) is 11.5 Å². The van der Waals surface area contributed by atoms with Crippen molar-refractivity contribution in [3.63, 3.8) is 0 Å². The van der Waals surface area contributed by atoms with Crippen molar-refractivity contribution >= 4 is 17.4 Å². The van der Waals surface area contributed by atoms with Crippen LogP contribution in [0.15, 0.2) is 42.5 Å². The lowest BCUT2D eigenvalue weighted by Gasteiger charge is -2.32. The van der Waals surface area contributed by atoms with Gasteiger partial charge in [-0.15, -0.1) is 0 Å². The van der Waals surface area contributed by atoms with Gasteiger partial charge in [-0.3, -0.25) is 14.9 Å². The van der Waals surface area contributed by atoms with E-state index in [1.165, 1.54) is 6.07 Å². The summed E-state index contributed by atoms with van der Waals surface area (Å²) in [4.78, 5) is 29.3. The highest BCUT2D eigenvalue weighted by atomic mass is 16.6. The third kappa shape index (κ3) is 3.60. The molecule has 0 saturated carbocycles. The van der Waals surface area contributed by atoms with Gasteiger partial charge in [0, 0.05) is 37.7 Å². The van der Waals surface area contributed by atoms with Crippen molar-refractivity contribution in [2.75, 3.05) is 25.0 Å². The minimum absolute atomic E-state index is 0.00445. The van der Waals surface area contributed by atoms with E-state index in [0.717, 1.165) is 18.4 Å². The van der Waals surface area contributed by atoms with Gasteiger partial charge in [-0.1, -0.05) is 30.3 Å². The first-order valence-corrected chi connectivity index (χ1v) is 8.27. The molecule has 2 aromatic rings. The second-order valence-corrected chi connectivity index (χ2v) is 6.04. The molecule has 130 valence electrons. The number of nitrogens with zero attached hydrogens (tertiary/aromatic N) is 3. The molecule has 0 radical (unpaired) electrons. The number of nitro groups is 1. The number of piperidine rings is 1. The monoisotopic (exact) mass is 340 g/mol. The second kappa shape index (κ2) is 7.29. The molecule has 2 heterocycles. The van der Waals surface area contributed by atoms with Gasteiger partial charge in [0.25, 0.3) is 5.69 Å². The lowest BCUT2D eigenvalue weighted by molar-refractivity contribution is -0.384. The van der Waals surface area contributed by atoms with Crippen molar-refractivity contribution in [2.45, 2.75) is 12.8 Å². The molecule has 0 unspecified atom stereocenters. The van der Waals surface area contributed by atoms with Crippen LogP contribution in [-0.4, -0.2) is 36.0 Å². The zero-order valence-corrected chi connectivity index (χ0v) is 14.0. The minimum Gasteiger partial charge on any atom is -0.359 e. The van der Waals surface area contributed by atoms with Crippen LogP contribution in [0.25, 0.3) is 11.3 Å². The third-order valence-corrected chi connectivity index (χ3v) is 4.54. The molecule has 1 aliphatic rings. The van der Waals surface area contributed by atoms with Gasteiger partial charge in [0.05, 0.1) is 4.92 Å². The average molecular weight is 340 g/mol. The number of pyridine rings is 1. The lowest BCUT2D eigenvalue weighted by atomic mass is 9.96. The molecule has 0 atom stereocenters. The number of rotatable bonds is 4. The van der Waals surface area contributed by atoms with Gasteiger partial charge in [-0.05, 0) is 18.9 Å². The molecule has 0 bridgehead atoms. The van der Waals surface area contributed by atoms with Crippen LogP contribution >= 0.6 is 0 Å². The van der Waals surface area contributed by atoms with Gasteiger partial charge in [-0.2, -0.15) is 0 Å². The number of nitrogens with one attached hydrogen (secondary N) is 1. The first-order valence-electron chi connectivity index (χ1n) is 8.27. The second-order valence-electron chi connectivity index (χ2n) is 6.04. The van der Waals surface area contributed by atoms with Crippen molar-refractivity contribution in [3.8, 4) is 11.3 Å². The Morgan fingerprint density at radius 3 is 2.48 bits per heavy atom. The Hall–Kier alpha value is -2.96. The molecule has 1 saturated heterocycles. The zero-order chi connectivity index (χ0) is 17.8. The Morgan fingerprint density at radius 2 is 1.88 bits per heavy atom. The van der Waals surface area contributed by atoms with E-state index in [1.54, 1.807) is 13.1 Å². The summed E-state index contributed by atoms with van der Waals surface area (Å²) in [7, 11) is 1.65. The first kappa shape index (κ1) is 16.9. The highest BCUT2D eigenvalue weighted by molar-refractivity contribution is 5.78. The Bertz CT molecular complexity index is 771. The SMILES string of the molecule is CNC(=O)C1CCN(c2ccc([N+](=O)[O-])c(-c3ccccc3)n2)CC1. The fourth-order valence-corrected chi connectivity index (χ4v) is 3.15. The molecule has 1 fully saturated rings. The van der Waals surface area contributed by atoms with Gasteiger partial charge in [0.2, 0.25) is 5.91 Å². The first-order chi connectivity index (χ1) is 12.1. The molecule has 1 N–H and O–H groups in total. The zero-order valence-electron chi connectivity index (χ0n) is 14.0. The normalized spacial score (nSPS) is 15.0. The number of hydrogen-bond donors (Lipinski definition) is 1. The maximum absolute atomic E-state index is 11.7. The van der Waals surface area contributed by atoms with Crippen molar-refractivity contribution in [1.82, 2.24) is 10.3 Å². The lowest BCUT2D eigenvalue weighted by Crippen LogP contribution is -2.39. The summed E-state index contributed by atoms with van der Waals surface area (Å²) in [5.74, 6) is 0.800. The molecule has 7 nitrogen and oxygen atoms in total. The largest absolute Gasteiger partial charge is 0.359 e. The van der Waals surface area contributed by atoms with Crippen LogP contribution in [0.5, 0.6) is 0 Å². The van der Waals surface area contributed by atoms with Gasteiger partial charge < -0.3 is 10.2 Å². The molecule has 1 aromatic heterocycles. The Kier molecular flexibility index (Phi) is 4.92. The summed E-state index contributed by atoms with van der Waals surface area (Å²) < 4.78 is 0. The summed E-state index contributed by atoms with van der Waals surface area (Å²) in [5, 5.41) is 14.0. The van der Waals surface area contributed by atoms with E-state index in [2.05, 4.69) is 15.2 Å². The summed E-state index contributed by atoms with van der Waals surface area (Å²) in [6.45, 7) is 1.41. The van der Waals surface area contributed by atoms with Crippen LogP contribution in [0.3, 0.4) is 0 Å². The number of benzene rings is 1. The summed E-state index contributed by atoms with van der Waals surface area (Å²) >= 11 is 0. The summed E-state index contributed by atoms with van der Waals surface area (Å²) in [5.41, 5.74) is 1.09. The van der Waals surface area contributed by atoms with E-state index in [-0.39, 0.29) is 17.5 Å². The molecule has 1 aromatic carbocycles. The number of hydrogen-bond acceptors (Lipinski definition) is 5. The van der Waals surface area contributed by atoms with E-state index >= 15 is 0 Å². The van der Waals surface area contributed by atoms with Crippen molar-refractivity contribution in [1.29, 1.82) is 0 Å². The fourth-order valence-electron chi connectivity index (χ4n) is 3.15. The van der Waals surface area contributed by atoms with E-state index in [0.29, 0.717) is 24.6 Å². The predicted molar refractivity (Wildman–Crippen MR) is 95.3 cm³/mol. The van der Waals surface area contributed by atoms with Crippen LogP contribution in [0, 0.1) is 16.0 Å². The molecular weight excluding hydrogens is 320 g/mol. The maximum atomic E-state index is 11.7. The van der Waals surface area contributed by atoms with E-state index < -0.39 is 4.92 Å². The van der Waals surface area contributed by atoms with Crippen molar-refractivity contribution < 1.29 is 9.72 Å². The molecular formula is C18H20N4O3. The van der Waals surface area contributed by atoms with Gasteiger partial charge in [0.1, 0.15) is 5.82 Å². The predicted octanol–water partition coefficient (Wildman–Crippen LogP) is 2.62. The average Bonchev–Trinajstić information content (AvgIpc) is 2.67. The standard InChI is InChI=1S/C18H20N4O3/c1-19-18(23)14-9-11-21(12-10-14)16-8-7-15(22(24)25)17(20-16)13-5-3-2-4-6-13/h2-8,14H,9-12H2,1H3,(H,19,23). The van der Waals surface area contributed by atoms with Crippen LogP contribution in [-0.2, 0) is 4.79 Å². The van der Waals surface area contributed by atoms with E-state index in [1.807, 2.05) is 30.3 Å². The van der Waals surface area contributed by atoms with Gasteiger partial charge in [-0.25, -0.2) is 4.98 Å². The molecule has 0 aliphatic carbocycles. The highest BCUT2D eigenvalue weighted by Crippen LogP contribution is 2.31. The van der Waals surface area contributed by atoms with E-state index in [4.69, 9.17) is 0 Å². The van der Waals surface area contributed by atoms with Gasteiger partial charge in [0.15, 0.2) is 5.69 Å². The van der Waals surface area contributed by atoms with Crippen molar-refractivity contribution in [2.24, 2.45) is 5.92 Å². The number of carbonyl (C=O) groups is 1. The molecule has 0 spiro atoms. The Labute approximate surface area is 145 Å². The third-order valence-electron chi connectivity index (χ3n) is 4.54. The summed E-state index contributed by atoms with van der Waals surface area (Å²) in [6.07, 6.45) is 1.50. The van der Waals surface area contributed by atoms with Crippen molar-refractivity contribution in [3.05, 3.63) is 52.6 Å².